The van der Waals surface area contributed by atoms with Crippen molar-refractivity contribution < 1.29 is 4.74 Å². The van der Waals surface area contributed by atoms with Gasteiger partial charge < -0.3 is 4.74 Å². The quantitative estimate of drug-likeness (QED) is 0.706. The Hall–Kier alpha value is -2.55. The number of ether oxygens (including phenoxy) is 1. The van der Waals surface area contributed by atoms with Gasteiger partial charge in [-0.25, -0.2) is 4.68 Å². The van der Waals surface area contributed by atoms with Crippen LogP contribution in [-0.4, -0.2) is 9.78 Å². The molecule has 0 bridgehead atoms. The average Bonchev–Trinajstić information content (AvgIpc) is 2.87. The Bertz CT molecular complexity index is 731. The maximum absolute atomic E-state index is 5.82. The Morgan fingerprint density at radius 1 is 0.950 bits per heavy atom. The standard InChI is InChI=1S/C17H16N2O/c1-13-6-5-8-15(10-13)20-16-11-18-19(12-16)17-9-4-3-7-14(17)2/h3-12H,1-2H3. The molecule has 1 heterocycles. The zero-order valence-electron chi connectivity index (χ0n) is 11.6. The third-order valence-corrected chi connectivity index (χ3v) is 3.15. The Kier molecular flexibility index (Phi) is 3.25. The maximum atomic E-state index is 5.82. The van der Waals surface area contributed by atoms with Gasteiger partial charge in [-0.05, 0) is 43.2 Å². The molecule has 0 amide bonds. The molecule has 0 saturated heterocycles. The highest BCUT2D eigenvalue weighted by atomic mass is 16.5. The molecule has 3 aromatic rings. The van der Waals surface area contributed by atoms with Gasteiger partial charge in [0.15, 0.2) is 5.75 Å². The molecule has 2 aromatic carbocycles. The van der Waals surface area contributed by atoms with Crippen LogP contribution in [-0.2, 0) is 0 Å². The lowest BCUT2D eigenvalue weighted by atomic mass is 10.2. The van der Waals surface area contributed by atoms with Crippen molar-refractivity contribution in [2.75, 3.05) is 0 Å². The second-order valence-corrected chi connectivity index (χ2v) is 4.83. The van der Waals surface area contributed by atoms with Crippen molar-refractivity contribution in [1.82, 2.24) is 9.78 Å². The summed E-state index contributed by atoms with van der Waals surface area (Å²) in [5, 5.41) is 4.36. The van der Waals surface area contributed by atoms with Gasteiger partial charge in [0.05, 0.1) is 18.1 Å². The van der Waals surface area contributed by atoms with Crippen molar-refractivity contribution in [1.29, 1.82) is 0 Å². The first-order chi connectivity index (χ1) is 9.72. The number of aryl methyl sites for hydroxylation is 2. The highest BCUT2D eigenvalue weighted by Gasteiger charge is 2.05. The van der Waals surface area contributed by atoms with Crippen LogP contribution in [0, 0.1) is 13.8 Å². The molecule has 0 N–H and O–H groups in total. The Labute approximate surface area is 118 Å². The summed E-state index contributed by atoms with van der Waals surface area (Å²) >= 11 is 0. The van der Waals surface area contributed by atoms with E-state index in [9.17, 15) is 0 Å². The van der Waals surface area contributed by atoms with Crippen LogP contribution < -0.4 is 4.74 Å². The van der Waals surface area contributed by atoms with Crippen LogP contribution in [0.15, 0.2) is 60.9 Å². The van der Waals surface area contributed by atoms with Gasteiger partial charge in [-0.2, -0.15) is 5.10 Å². The van der Waals surface area contributed by atoms with E-state index in [4.69, 9.17) is 4.74 Å². The second kappa shape index (κ2) is 5.21. The van der Waals surface area contributed by atoms with Gasteiger partial charge in [0.25, 0.3) is 0 Å². The minimum atomic E-state index is 0.735. The number of nitrogens with zero attached hydrogens (tertiary/aromatic N) is 2. The summed E-state index contributed by atoms with van der Waals surface area (Å²) in [6.07, 6.45) is 3.62. The number of benzene rings is 2. The number of aromatic nitrogens is 2. The van der Waals surface area contributed by atoms with E-state index in [1.165, 1.54) is 11.1 Å². The van der Waals surface area contributed by atoms with E-state index in [0.717, 1.165) is 17.2 Å². The van der Waals surface area contributed by atoms with Gasteiger partial charge in [0, 0.05) is 0 Å². The van der Waals surface area contributed by atoms with Gasteiger partial charge in [0.1, 0.15) is 5.75 Å². The molecular weight excluding hydrogens is 248 g/mol. The summed E-state index contributed by atoms with van der Waals surface area (Å²) in [4.78, 5) is 0. The van der Waals surface area contributed by atoms with Gasteiger partial charge >= 0.3 is 0 Å². The molecule has 100 valence electrons. The fraction of sp³-hybridized carbons (Fsp3) is 0.118. The van der Waals surface area contributed by atoms with E-state index in [0.29, 0.717) is 0 Å². The Morgan fingerprint density at radius 2 is 1.80 bits per heavy atom. The van der Waals surface area contributed by atoms with E-state index in [-0.39, 0.29) is 0 Å². The van der Waals surface area contributed by atoms with Gasteiger partial charge in [-0.15, -0.1) is 0 Å². The highest BCUT2D eigenvalue weighted by molar-refractivity contribution is 5.40. The van der Waals surface area contributed by atoms with Crippen LogP contribution >= 0.6 is 0 Å². The van der Waals surface area contributed by atoms with E-state index in [1.807, 2.05) is 60.3 Å². The number of rotatable bonds is 3. The van der Waals surface area contributed by atoms with Gasteiger partial charge in [0.2, 0.25) is 0 Å². The average molecular weight is 264 g/mol. The van der Waals surface area contributed by atoms with E-state index >= 15 is 0 Å². The third kappa shape index (κ3) is 2.57. The first-order valence-electron chi connectivity index (χ1n) is 6.57. The third-order valence-electron chi connectivity index (χ3n) is 3.15. The van der Waals surface area contributed by atoms with Crippen molar-refractivity contribution in [3.05, 3.63) is 72.1 Å². The molecule has 0 spiro atoms. The van der Waals surface area contributed by atoms with E-state index < -0.39 is 0 Å². The lowest BCUT2D eigenvalue weighted by Crippen LogP contribution is -1.96. The predicted molar refractivity (Wildman–Crippen MR) is 79.6 cm³/mol. The summed E-state index contributed by atoms with van der Waals surface area (Å²) in [5.74, 6) is 1.56. The van der Waals surface area contributed by atoms with Crippen molar-refractivity contribution in [2.45, 2.75) is 13.8 Å². The fourth-order valence-electron chi connectivity index (χ4n) is 2.13. The van der Waals surface area contributed by atoms with Crippen molar-refractivity contribution in [3.63, 3.8) is 0 Å². The van der Waals surface area contributed by atoms with Crippen LogP contribution in [0.3, 0.4) is 0 Å². The molecule has 0 fully saturated rings. The fourth-order valence-corrected chi connectivity index (χ4v) is 2.13. The lowest BCUT2D eigenvalue weighted by Gasteiger charge is -2.05. The summed E-state index contributed by atoms with van der Waals surface area (Å²) in [6, 6.07) is 16.1. The molecule has 0 radical (unpaired) electrons. The van der Waals surface area contributed by atoms with E-state index in [2.05, 4.69) is 18.1 Å². The Morgan fingerprint density at radius 3 is 2.60 bits per heavy atom. The second-order valence-electron chi connectivity index (χ2n) is 4.83. The minimum Gasteiger partial charge on any atom is -0.454 e. The summed E-state index contributed by atoms with van der Waals surface area (Å²) in [5.41, 5.74) is 3.41. The molecular formula is C17H16N2O. The van der Waals surface area contributed by atoms with Crippen LogP contribution in [0.2, 0.25) is 0 Å². The number of hydrogen-bond acceptors (Lipinski definition) is 2. The predicted octanol–water partition coefficient (Wildman–Crippen LogP) is 4.28. The molecule has 0 aliphatic rings. The molecule has 0 unspecified atom stereocenters. The molecule has 3 nitrogen and oxygen atoms in total. The largest absolute Gasteiger partial charge is 0.454 e. The topological polar surface area (TPSA) is 27.1 Å². The summed E-state index contributed by atoms with van der Waals surface area (Å²) in [6.45, 7) is 4.11. The molecule has 0 saturated carbocycles. The number of hydrogen-bond donors (Lipinski definition) is 0. The first-order valence-corrected chi connectivity index (χ1v) is 6.57. The van der Waals surface area contributed by atoms with Crippen molar-refractivity contribution >= 4 is 0 Å². The summed E-state index contributed by atoms with van der Waals surface area (Å²) < 4.78 is 7.65. The highest BCUT2D eigenvalue weighted by Crippen LogP contribution is 2.23. The molecule has 0 aliphatic heterocycles. The lowest BCUT2D eigenvalue weighted by molar-refractivity contribution is 0.482. The zero-order chi connectivity index (χ0) is 13.9. The molecule has 3 heteroatoms. The van der Waals surface area contributed by atoms with Gasteiger partial charge in [-0.3, -0.25) is 0 Å². The molecule has 3 rings (SSSR count). The minimum absolute atomic E-state index is 0.735. The maximum Gasteiger partial charge on any atom is 0.165 e. The van der Waals surface area contributed by atoms with Crippen LogP contribution in [0.4, 0.5) is 0 Å². The monoisotopic (exact) mass is 264 g/mol. The normalized spacial score (nSPS) is 10.5. The van der Waals surface area contributed by atoms with Crippen LogP contribution in [0.5, 0.6) is 11.5 Å². The number of para-hydroxylation sites is 1. The molecule has 0 atom stereocenters. The Balaban J connectivity index is 1.86. The zero-order valence-corrected chi connectivity index (χ0v) is 11.6. The van der Waals surface area contributed by atoms with Crippen molar-refractivity contribution in [3.8, 4) is 17.2 Å². The van der Waals surface area contributed by atoms with Crippen molar-refractivity contribution in [2.24, 2.45) is 0 Å². The SMILES string of the molecule is Cc1cccc(Oc2cnn(-c3ccccc3C)c2)c1. The molecule has 0 aliphatic carbocycles. The molecule has 1 aromatic heterocycles. The first kappa shape index (κ1) is 12.5. The smallest absolute Gasteiger partial charge is 0.165 e. The molecule has 20 heavy (non-hydrogen) atoms. The van der Waals surface area contributed by atoms with Crippen LogP contribution in [0.25, 0.3) is 5.69 Å². The van der Waals surface area contributed by atoms with Crippen LogP contribution in [0.1, 0.15) is 11.1 Å². The van der Waals surface area contributed by atoms with Gasteiger partial charge in [-0.1, -0.05) is 30.3 Å². The summed E-state index contributed by atoms with van der Waals surface area (Å²) in [7, 11) is 0. The van der Waals surface area contributed by atoms with E-state index in [1.54, 1.807) is 6.20 Å².